The highest BCUT2D eigenvalue weighted by Gasteiger charge is 2.23. The van der Waals surface area contributed by atoms with Crippen LogP contribution in [0.2, 0.25) is 0 Å². The van der Waals surface area contributed by atoms with E-state index in [0.717, 1.165) is 74.0 Å². The van der Waals surface area contributed by atoms with Crippen molar-refractivity contribution in [1.29, 1.82) is 0 Å². The zero-order valence-corrected chi connectivity index (χ0v) is 21.1. The van der Waals surface area contributed by atoms with E-state index < -0.39 is 0 Å². The Labute approximate surface area is 208 Å². The first-order chi connectivity index (χ1) is 16.1. The lowest BCUT2D eigenvalue weighted by Crippen LogP contribution is -2.35. The van der Waals surface area contributed by atoms with Gasteiger partial charge in [-0.1, -0.05) is 6.07 Å². The number of carbonyl (C=O) groups excluding carboxylic acids is 1. The van der Waals surface area contributed by atoms with Gasteiger partial charge in [0.25, 0.3) is 0 Å². The Morgan fingerprint density at radius 2 is 1.68 bits per heavy atom. The van der Waals surface area contributed by atoms with Gasteiger partial charge in [-0.25, -0.2) is 0 Å². The summed E-state index contributed by atoms with van der Waals surface area (Å²) in [5.41, 5.74) is 3.48. The minimum Gasteiger partial charge on any atom is -0.493 e. The summed E-state index contributed by atoms with van der Waals surface area (Å²) in [5, 5.41) is 0. The van der Waals surface area contributed by atoms with E-state index in [9.17, 15) is 4.79 Å². The second-order valence-electron chi connectivity index (χ2n) is 8.67. The summed E-state index contributed by atoms with van der Waals surface area (Å²) in [4.78, 5) is 17.2. The number of benzene rings is 2. The first kappa shape index (κ1) is 26.0. The number of methoxy groups -OCH3 is 2. The van der Waals surface area contributed by atoms with Crippen molar-refractivity contribution >= 4 is 18.3 Å². The van der Waals surface area contributed by atoms with Crippen molar-refractivity contribution in [3.63, 3.8) is 0 Å². The van der Waals surface area contributed by atoms with Gasteiger partial charge in [-0.15, -0.1) is 12.4 Å². The van der Waals surface area contributed by atoms with Crippen molar-refractivity contribution in [3.8, 4) is 23.0 Å². The van der Waals surface area contributed by atoms with Crippen LogP contribution in [0, 0.1) is 0 Å². The van der Waals surface area contributed by atoms with Crippen molar-refractivity contribution in [3.05, 3.63) is 47.0 Å². The van der Waals surface area contributed by atoms with E-state index in [-0.39, 0.29) is 18.3 Å². The molecule has 0 fully saturated rings. The summed E-state index contributed by atoms with van der Waals surface area (Å²) >= 11 is 0. The van der Waals surface area contributed by atoms with Crippen LogP contribution in [0.3, 0.4) is 0 Å². The molecular formula is C26H35ClN2O5. The molecule has 0 spiro atoms. The van der Waals surface area contributed by atoms with Crippen LogP contribution in [0.5, 0.6) is 23.0 Å². The van der Waals surface area contributed by atoms with Crippen molar-refractivity contribution in [2.75, 3.05) is 60.7 Å². The molecule has 2 aliphatic rings. The summed E-state index contributed by atoms with van der Waals surface area (Å²) in [7, 11) is 5.44. The molecule has 186 valence electrons. The minimum absolute atomic E-state index is 0. The van der Waals surface area contributed by atoms with E-state index in [1.165, 1.54) is 11.1 Å². The Kier molecular flexibility index (Phi) is 9.30. The molecular weight excluding hydrogens is 456 g/mol. The number of halogens is 1. The Bertz CT molecular complexity index is 984. The average molecular weight is 491 g/mol. The molecule has 0 unspecified atom stereocenters. The maximum Gasteiger partial charge on any atom is 0.227 e. The molecule has 1 amide bonds. The summed E-state index contributed by atoms with van der Waals surface area (Å²) in [5.74, 6) is 3.27. The number of ether oxygens (including phenoxy) is 4. The van der Waals surface area contributed by atoms with Crippen molar-refractivity contribution < 1.29 is 23.7 Å². The van der Waals surface area contributed by atoms with Crippen LogP contribution >= 0.6 is 12.4 Å². The van der Waals surface area contributed by atoms with E-state index in [1.54, 1.807) is 14.2 Å². The molecule has 0 radical (unpaired) electrons. The third-order valence-electron chi connectivity index (χ3n) is 6.41. The van der Waals surface area contributed by atoms with E-state index in [1.807, 2.05) is 23.1 Å². The Morgan fingerprint density at radius 3 is 2.38 bits per heavy atom. The molecule has 4 rings (SSSR count). The highest BCUT2D eigenvalue weighted by atomic mass is 35.5. The Morgan fingerprint density at radius 1 is 0.971 bits per heavy atom. The van der Waals surface area contributed by atoms with Crippen LogP contribution in [-0.4, -0.2) is 76.4 Å². The third-order valence-corrected chi connectivity index (χ3v) is 6.41. The number of nitrogens with zero attached hydrogens (tertiary/aromatic N) is 2. The van der Waals surface area contributed by atoms with Gasteiger partial charge in [0.2, 0.25) is 5.91 Å². The van der Waals surface area contributed by atoms with Gasteiger partial charge < -0.3 is 28.7 Å². The lowest BCUT2D eigenvalue weighted by Gasteiger charge is -2.23. The zero-order chi connectivity index (χ0) is 23.2. The smallest absolute Gasteiger partial charge is 0.227 e. The first-order valence-electron chi connectivity index (χ1n) is 11.7. The number of fused-ring (bicyclic) bond motifs is 2. The molecule has 2 aromatic carbocycles. The largest absolute Gasteiger partial charge is 0.493 e. The quantitative estimate of drug-likeness (QED) is 0.537. The van der Waals surface area contributed by atoms with Gasteiger partial charge in [-0.05, 0) is 73.8 Å². The SMILES string of the molecule is COc1ccc(CCN(C)CCCN2CCc3cc4c(cc3CC2=O)OCCO4)cc1OC.Cl. The van der Waals surface area contributed by atoms with Crippen LogP contribution in [-0.2, 0) is 24.1 Å². The van der Waals surface area contributed by atoms with Gasteiger partial charge in [0, 0.05) is 19.6 Å². The van der Waals surface area contributed by atoms with E-state index in [0.29, 0.717) is 19.6 Å². The average Bonchev–Trinajstić information content (AvgIpc) is 2.98. The van der Waals surface area contributed by atoms with Crippen LogP contribution in [0.1, 0.15) is 23.1 Å². The van der Waals surface area contributed by atoms with Crippen LogP contribution in [0.25, 0.3) is 0 Å². The lowest BCUT2D eigenvalue weighted by atomic mass is 10.0. The molecule has 34 heavy (non-hydrogen) atoms. The number of likely N-dealkylation sites (N-methyl/N-ethyl adjacent to an activating group) is 1. The van der Waals surface area contributed by atoms with Gasteiger partial charge in [0.1, 0.15) is 13.2 Å². The molecule has 7 nitrogen and oxygen atoms in total. The molecule has 0 saturated carbocycles. The van der Waals surface area contributed by atoms with E-state index in [2.05, 4.69) is 24.1 Å². The third kappa shape index (κ3) is 6.27. The normalized spacial score (nSPS) is 14.8. The van der Waals surface area contributed by atoms with Gasteiger partial charge in [0.15, 0.2) is 23.0 Å². The second kappa shape index (κ2) is 12.2. The fourth-order valence-corrected chi connectivity index (χ4v) is 4.46. The lowest BCUT2D eigenvalue weighted by molar-refractivity contribution is -0.130. The molecule has 0 N–H and O–H groups in total. The number of amides is 1. The molecule has 2 aliphatic heterocycles. The van der Waals surface area contributed by atoms with E-state index >= 15 is 0 Å². The van der Waals surface area contributed by atoms with Gasteiger partial charge >= 0.3 is 0 Å². The minimum atomic E-state index is 0. The molecule has 0 aliphatic carbocycles. The number of carbonyl (C=O) groups is 1. The maximum atomic E-state index is 12.9. The molecule has 0 atom stereocenters. The van der Waals surface area contributed by atoms with Crippen LogP contribution < -0.4 is 18.9 Å². The summed E-state index contributed by atoms with van der Waals surface area (Å²) in [6.45, 7) is 4.56. The van der Waals surface area contributed by atoms with Crippen molar-refractivity contribution in [1.82, 2.24) is 9.80 Å². The number of hydrogen-bond acceptors (Lipinski definition) is 6. The fourth-order valence-electron chi connectivity index (χ4n) is 4.46. The Balaban J connectivity index is 0.00000324. The van der Waals surface area contributed by atoms with Gasteiger partial charge in [-0.2, -0.15) is 0 Å². The molecule has 0 aromatic heterocycles. The summed E-state index contributed by atoms with van der Waals surface area (Å²) in [6, 6.07) is 10.1. The highest BCUT2D eigenvalue weighted by molar-refractivity contribution is 5.85. The monoisotopic (exact) mass is 490 g/mol. The van der Waals surface area contributed by atoms with Crippen molar-refractivity contribution in [2.24, 2.45) is 0 Å². The predicted octanol–water partition coefficient (Wildman–Crippen LogP) is 3.39. The predicted molar refractivity (Wildman–Crippen MR) is 134 cm³/mol. The highest BCUT2D eigenvalue weighted by Crippen LogP contribution is 2.34. The first-order valence-corrected chi connectivity index (χ1v) is 11.7. The summed E-state index contributed by atoms with van der Waals surface area (Å²) in [6.07, 6.45) is 3.17. The van der Waals surface area contributed by atoms with Gasteiger partial charge in [-0.3, -0.25) is 4.79 Å². The molecule has 8 heteroatoms. The standard InChI is InChI=1S/C26H34N2O5.ClH/c1-27(11-7-19-5-6-22(30-2)23(15-19)31-3)9-4-10-28-12-8-20-16-24-25(33-14-13-32-24)17-21(20)18-26(28)29;/h5-6,15-17H,4,7-14,18H2,1-3H3;1H. The van der Waals surface area contributed by atoms with Crippen molar-refractivity contribution in [2.45, 2.75) is 25.7 Å². The number of rotatable bonds is 9. The topological polar surface area (TPSA) is 60.5 Å². The van der Waals surface area contributed by atoms with Gasteiger partial charge in [0.05, 0.1) is 20.6 Å². The number of hydrogen-bond donors (Lipinski definition) is 0. The summed E-state index contributed by atoms with van der Waals surface area (Å²) < 4.78 is 22.1. The zero-order valence-electron chi connectivity index (χ0n) is 20.3. The van der Waals surface area contributed by atoms with Crippen LogP contribution in [0.4, 0.5) is 0 Å². The van der Waals surface area contributed by atoms with Crippen LogP contribution in [0.15, 0.2) is 30.3 Å². The molecule has 2 aromatic rings. The second-order valence-corrected chi connectivity index (χ2v) is 8.67. The Hall–Kier alpha value is -2.64. The molecule has 2 heterocycles. The molecule has 0 bridgehead atoms. The fraction of sp³-hybridized carbons (Fsp3) is 0.500. The molecule has 0 saturated heterocycles. The maximum absolute atomic E-state index is 12.9. The van der Waals surface area contributed by atoms with E-state index in [4.69, 9.17) is 18.9 Å².